The predicted molar refractivity (Wildman–Crippen MR) is 81.1 cm³/mol. The van der Waals surface area contributed by atoms with Gasteiger partial charge in [0.25, 0.3) is 0 Å². The smallest absolute Gasteiger partial charge is 0.137 e. The van der Waals surface area contributed by atoms with E-state index in [0.29, 0.717) is 6.61 Å². The first-order chi connectivity index (χ1) is 8.65. The molecule has 0 aliphatic rings. The highest BCUT2D eigenvalue weighted by atomic mass is 79.9. The molecule has 0 fully saturated rings. The Kier molecular flexibility index (Phi) is 7.06. The van der Waals surface area contributed by atoms with E-state index in [1.54, 1.807) is 0 Å². The zero-order valence-corrected chi connectivity index (χ0v) is 12.8. The molecule has 0 saturated carbocycles. The number of ether oxygens (including phenoxy) is 1. The lowest BCUT2D eigenvalue weighted by Gasteiger charge is -2.14. The number of para-hydroxylation sites is 1. The van der Waals surface area contributed by atoms with Gasteiger partial charge in [-0.2, -0.15) is 0 Å². The summed E-state index contributed by atoms with van der Waals surface area (Å²) in [5.74, 6) is 0.947. The Hall–Kier alpha value is -0.800. The lowest BCUT2D eigenvalue weighted by Crippen LogP contribution is -2.15. The molecule has 0 aromatic heterocycles. The molecule has 1 aromatic carbocycles. The molecule has 0 aliphatic heterocycles. The monoisotopic (exact) mass is 311 g/mol. The van der Waals surface area contributed by atoms with Gasteiger partial charge in [-0.3, -0.25) is 0 Å². The molecule has 0 unspecified atom stereocenters. The summed E-state index contributed by atoms with van der Waals surface area (Å²) in [4.78, 5) is 0. The van der Waals surface area contributed by atoms with E-state index in [1.165, 1.54) is 5.56 Å². The topological polar surface area (TPSA) is 21.3 Å². The average molecular weight is 312 g/mol. The zero-order chi connectivity index (χ0) is 13.4. The fourth-order valence-electron chi connectivity index (χ4n) is 1.58. The van der Waals surface area contributed by atoms with Gasteiger partial charge in [-0.15, -0.1) is 6.58 Å². The van der Waals surface area contributed by atoms with E-state index in [1.807, 2.05) is 19.1 Å². The fourth-order valence-corrected chi connectivity index (χ4v) is 2.10. The van der Waals surface area contributed by atoms with Gasteiger partial charge in [-0.05, 0) is 41.9 Å². The molecule has 0 radical (unpaired) electrons. The molecule has 2 nitrogen and oxygen atoms in total. The first-order valence-electron chi connectivity index (χ1n) is 6.40. The van der Waals surface area contributed by atoms with Crippen molar-refractivity contribution in [1.29, 1.82) is 0 Å². The molecule has 0 spiro atoms. The Morgan fingerprint density at radius 3 is 2.89 bits per heavy atom. The maximum absolute atomic E-state index is 5.86. The lowest BCUT2D eigenvalue weighted by atomic mass is 10.2. The maximum Gasteiger partial charge on any atom is 0.137 e. The summed E-state index contributed by atoms with van der Waals surface area (Å²) < 4.78 is 6.88. The van der Waals surface area contributed by atoms with Crippen molar-refractivity contribution in [1.82, 2.24) is 5.32 Å². The van der Waals surface area contributed by atoms with Crippen LogP contribution in [0.25, 0.3) is 0 Å². The Morgan fingerprint density at radius 1 is 1.44 bits per heavy atom. The van der Waals surface area contributed by atoms with Crippen LogP contribution in [0.4, 0.5) is 0 Å². The van der Waals surface area contributed by atoms with Crippen LogP contribution in [-0.4, -0.2) is 13.2 Å². The van der Waals surface area contributed by atoms with Crippen molar-refractivity contribution >= 4 is 15.9 Å². The van der Waals surface area contributed by atoms with Gasteiger partial charge in [0.15, 0.2) is 0 Å². The van der Waals surface area contributed by atoms with Crippen LogP contribution < -0.4 is 10.1 Å². The van der Waals surface area contributed by atoms with Gasteiger partial charge < -0.3 is 10.1 Å². The number of nitrogens with one attached hydrogen (secondary N) is 1. The van der Waals surface area contributed by atoms with Gasteiger partial charge in [0.05, 0.1) is 11.1 Å². The highest BCUT2D eigenvalue weighted by Gasteiger charge is 2.07. The molecular formula is C15H22BrNO. The van der Waals surface area contributed by atoms with Gasteiger partial charge in [0.2, 0.25) is 0 Å². The van der Waals surface area contributed by atoms with Crippen molar-refractivity contribution in [3.05, 3.63) is 40.4 Å². The van der Waals surface area contributed by atoms with Crippen LogP contribution >= 0.6 is 15.9 Å². The number of rotatable bonds is 8. The second-order valence-corrected chi connectivity index (χ2v) is 5.31. The number of hydrogen-bond acceptors (Lipinski definition) is 2. The SMILES string of the molecule is C=C(C)CCOc1c(Br)cccc1CNCCC. The fraction of sp³-hybridized carbons (Fsp3) is 0.467. The van der Waals surface area contributed by atoms with Gasteiger partial charge >= 0.3 is 0 Å². The van der Waals surface area contributed by atoms with Crippen LogP contribution in [0.5, 0.6) is 5.75 Å². The number of halogens is 1. The summed E-state index contributed by atoms with van der Waals surface area (Å²) in [7, 11) is 0. The highest BCUT2D eigenvalue weighted by molar-refractivity contribution is 9.10. The average Bonchev–Trinajstić information content (AvgIpc) is 2.32. The quantitative estimate of drug-likeness (QED) is 0.571. The van der Waals surface area contributed by atoms with Crippen LogP contribution in [0.2, 0.25) is 0 Å². The van der Waals surface area contributed by atoms with E-state index in [-0.39, 0.29) is 0 Å². The van der Waals surface area contributed by atoms with E-state index in [2.05, 4.69) is 40.8 Å². The highest BCUT2D eigenvalue weighted by Crippen LogP contribution is 2.29. The van der Waals surface area contributed by atoms with Crippen LogP contribution in [0.3, 0.4) is 0 Å². The third kappa shape index (κ3) is 5.23. The molecule has 0 heterocycles. The number of hydrogen-bond donors (Lipinski definition) is 1. The van der Waals surface area contributed by atoms with Crippen LogP contribution in [0.1, 0.15) is 32.3 Å². The zero-order valence-electron chi connectivity index (χ0n) is 11.3. The van der Waals surface area contributed by atoms with E-state index in [0.717, 1.165) is 41.7 Å². The maximum atomic E-state index is 5.86. The molecule has 0 aliphatic carbocycles. The van der Waals surface area contributed by atoms with Crippen LogP contribution in [0, 0.1) is 0 Å². The Balaban J connectivity index is 2.64. The summed E-state index contributed by atoms with van der Waals surface area (Å²) >= 11 is 3.55. The molecule has 100 valence electrons. The van der Waals surface area contributed by atoms with Crippen LogP contribution in [0.15, 0.2) is 34.8 Å². The molecule has 0 atom stereocenters. The summed E-state index contributed by atoms with van der Waals surface area (Å²) in [5.41, 5.74) is 2.34. The summed E-state index contributed by atoms with van der Waals surface area (Å²) in [6, 6.07) is 6.15. The van der Waals surface area contributed by atoms with Gasteiger partial charge in [-0.25, -0.2) is 0 Å². The van der Waals surface area contributed by atoms with E-state index < -0.39 is 0 Å². The number of benzene rings is 1. The third-order valence-corrected chi connectivity index (χ3v) is 3.19. The molecule has 0 bridgehead atoms. The van der Waals surface area contributed by atoms with Gasteiger partial charge in [0, 0.05) is 18.5 Å². The van der Waals surface area contributed by atoms with Crippen molar-refractivity contribution in [3.8, 4) is 5.75 Å². The van der Waals surface area contributed by atoms with E-state index in [9.17, 15) is 0 Å². The van der Waals surface area contributed by atoms with Crippen molar-refractivity contribution in [3.63, 3.8) is 0 Å². The first-order valence-corrected chi connectivity index (χ1v) is 7.19. The molecule has 1 N–H and O–H groups in total. The first kappa shape index (κ1) is 15.3. The molecule has 0 amide bonds. The standard InChI is InChI=1S/C15H22BrNO/c1-4-9-17-11-13-6-5-7-14(16)15(13)18-10-8-12(2)3/h5-7,17H,2,4,8-11H2,1,3H3. The van der Waals surface area contributed by atoms with Gasteiger partial charge in [0.1, 0.15) is 5.75 Å². The Labute approximate surface area is 119 Å². The minimum absolute atomic E-state index is 0.679. The van der Waals surface area contributed by atoms with Crippen molar-refractivity contribution in [2.24, 2.45) is 0 Å². The third-order valence-electron chi connectivity index (χ3n) is 2.57. The minimum atomic E-state index is 0.679. The summed E-state index contributed by atoms with van der Waals surface area (Å²) in [6.07, 6.45) is 2.03. The lowest BCUT2D eigenvalue weighted by molar-refractivity contribution is 0.315. The second-order valence-electron chi connectivity index (χ2n) is 4.46. The van der Waals surface area contributed by atoms with Crippen molar-refractivity contribution < 1.29 is 4.74 Å². The molecular weight excluding hydrogens is 290 g/mol. The minimum Gasteiger partial charge on any atom is -0.492 e. The molecule has 1 rings (SSSR count). The molecule has 0 saturated heterocycles. The normalized spacial score (nSPS) is 10.4. The molecule has 1 aromatic rings. The second kappa shape index (κ2) is 8.33. The van der Waals surface area contributed by atoms with E-state index in [4.69, 9.17) is 4.74 Å². The van der Waals surface area contributed by atoms with Crippen molar-refractivity contribution in [2.75, 3.05) is 13.2 Å². The van der Waals surface area contributed by atoms with Gasteiger partial charge in [-0.1, -0.05) is 24.6 Å². The van der Waals surface area contributed by atoms with E-state index >= 15 is 0 Å². The molecule has 3 heteroatoms. The Morgan fingerprint density at radius 2 is 2.22 bits per heavy atom. The van der Waals surface area contributed by atoms with Crippen molar-refractivity contribution in [2.45, 2.75) is 33.2 Å². The summed E-state index contributed by atoms with van der Waals surface area (Å²) in [5, 5.41) is 3.40. The van der Waals surface area contributed by atoms with Crippen LogP contribution in [-0.2, 0) is 6.54 Å². The molecule has 18 heavy (non-hydrogen) atoms. The predicted octanol–water partition coefficient (Wildman–Crippen LogP) is 4.29. The largest absolute Gasteiger partial charge is 0.492 e. The Bertz CT molecular complexity index is 390. The summed E-state index contributed by atoms with van der Waals surface area (Å²) in [6.45, 7) is 10.6.